The predicted molar refractivity (Wildman–Crippen MR) is 153 cm³/mol. The lowest BCUT2D eigenvalue weighted by atomic mass is 10.1. The number of unbranched alkanes of at least 4 members (excludes halogenated alkanes) is 5. The second-order valence-corrected chi connectivity index (χ2v) is 10.8. The number of thiocarbonyl (C=S) groups is 1. The van der Waals surface area contributed by atoms with Gasteiger partial charge in [0.15, 0.2) is 0 Å². The van der Waals surface area contributed by atoms with E-state index in [4.69, 9.17) is 17.2 Å². The lowest BCUT2D eigenvalue weighted by Gasteiger charge is -2.14. The van der Waals surface area contributed by atoms with Crippen LogP contribution in [-0.2, 0) is 11.3 Å². The number of halogens is 1. The zero-order valence-corrected chi connectivity index (χ0v) is 22.8. The van der Waals surface area contributed by atoms with Crippen molar-refractivity contribution < 1.29 is 9.18 Å². The number of fused-ring (bicyclic) bond motifs is 1. The zero-order valence-electron chi connectivity index (χ0n) is 21.1. The highest BCUT2D eigenvalue weighted by Crippen LogP contribution is 2.34. The third-order valence-corrected chi connectivity index (χ3v) is 7.69. The van der Waals surface area contributed by atoms with Crippen molar-refractivity contribution in [2.45, 2.75) is 58.9 Å². The van der Waals surface area contributed by atoms with Crippen LogP contribution in [0, 0.1) is 12.7 Å². The van der Waals surface area contributed by atoms with Crippen LogP contribution in [0.3, 0.4) is 0 Å². The smallest absolute Gasteiger partial charge is 0.267 e. The first-order valence-corrected chi connectivity index (χ1v) is 13.9. The van der Waals surface area contributed by atoms with Crippen molar-refractivity contribution in [1.29, 1.82) is 0 Å². The van der Waals surface area contributed by atoms with Gasteiger partial charge in [-0.2, -0.15) is 0 Å². The molecule has 9 heteroatoms. The molecule has 0 unspecified atom stereocenters. The minimum atomic E-state index is -0.338. The molecule has 1 N–H and O–H groups in total. The van der Waals surface area contributed by atoms with Crippen LogP contribution in [0.25, 0.3) is 11.7 Å². The molecule has 3 aromatic rings. The molecule has 194 valence electrons. The molecule has 0 saturated carbocycles. The Morgan fingerprint density at radius 1 is 1.08 bits per heavy atom. The summed E-state index contributed by atoms with van der Waals surface area (Å²) >= 11 is 6.62. The van der Waals surface area contributed by atoms with Gasteiger partial charge in [-0.3, -0.25) is 18.9 Å². The monoisotopic (exact) mass is 538 g/mol. The van der Waals surface area contributed by atoms with Crippen LogP contribution in [0.2, 0.25) is 0 Å². The summed E-state index contributed by atoms with van der Waals surface area (Å²) in [6.07, 6.45) is 10.2. The Morgan fingerprint density at radius 2 is 1.81 bits per heavy atom. The number of hydrogen-bond donors (Lipinski definition) is 1. The van der Waals surface area contributed by atoms with Crippen molar-refractivity contribution in [2.24, 2.45) is 0 Å². The van der Waals surface area contributed by atoms with Gasteiger partial charge in [0.25, 0.3) is 11.5 Å². The Hall–Kier alpha value is -3.04. The van der Waals surface area contributed by atoms with Crippen molar-refractivity contribution in [3.05, 3.63) is 80.4 Å². The predicted octanol–water partition coefficient (Wildman–Crippen LogP) is 6.32. The number of carbonyl (C=O) groups is 1. The number of pyridine rings is 1. The highest BCUT2D eigenvalue weighted by Gasteiger charge is 2.32. The van der Waals surface area contributed by atoms with Crippen molar-refractivity contribution in [3.63, 3.8) is 0 Å². The number of carbonyl (C=O) groups excluding carboxylic acids is 1. The minimum Gasteiger partial charge on any atom is -0.369 e. The van der Waals surface area contributed by atoms with Crippen LogP contribution in [0.1, 0.15) is 62.1 Å². The molecule has 4 rings (SSSR count). The van der Waals surface area contributed by atoms with E-state index in [1.807, 2.05) is 13.0 Å². The SMILES string of the molecule is CCCCCCCCNc1nc2c(C)cccn2c(=O)c1C=C1SC(=S)N(Cc2ccc(F)cc2)C1=O. The lowest BCUT2D eigenvalue weighted by molar-refractivity contribution is -0.122. The summed E-state index contributed by atoms with van der Waals surface area (Å²) in [5.74, 6) is -0.152. The number of aryl methyl sites for hydroxylation is 1. The molecule has 1 saturated heterocycles. The van der Waals surface area contributed by atoms with E-state index in [2.05, 4.69) is 12.2 Å². The summed E-state index contributed by atoms with van der Waals surface area (Å²) < 4.78 is 15.2. The molecule has 0 bridgehead atoms. The van der Waals surface area contributed by atoms with Gasteiger partial charge >= 0.3 is 0 Å². The molecule has 0 atom stereocenters. The number of amides is 1. The van der Waals surface area contributed by atoms with Crippen molar-refractivity contribution >= 4 is 51.7 Å². The van der Waals surface area contributed by atoms with E-state index in [1.165, 1.54) is 47.1 Å². The fraction of sp³-hybridized carbons (Fsp3) is 0.357. The molecule has 1 aromatic carbocycles. The second-order valence-electron chi connectivity index (χ2n) is 9.15. The first-order valence-electron chi connectivity index (χ1n) is 12.6. The topological polar surface area (TPSA) is 66.7 Å². The van der Waals surface area contributed by atoms with Gasteiger partial charge in [-0.05, 0) is 48.7 Å². The molecule has 1 aliphatic heterocycles. The van der Waals surface area contributed by atoms with Gasteiger partial charge in [0, 0.05) is 12.7 Å². The number of benzene rings is 1. The number of aromatic nitrogens is 2. The Bertz CT molecular complexity index is 1390. The molecule has 1 fully saturated rings. The molecular formula is C28H31FN4O2S2. The second kappa shape index (κ2) is 12.5. The molecule has 37 heavy (non-hydrogen) atoms. The molecule has 0 aliphatic carbocycles. The first-order chi connectivity index (χ1) is 17.9. The highest BCUT2D eigenvalue weighted by atomic mass is 32.2. The van der Waals surface area contributed by atoms with Crippen LogP contribution < -0.4 is 10.9 Å². The largest absolute Gasteiger partial charge is 0.369 e. The fourth-order valence-electron chi connectivity index (χ4n) is 4.23. The molecular weight excluding hydrogens is 507 g/mol. The Kier molecular flexibility index (Phi) is 9.10. The van der Waals surface area contributed by atoms with Crippen LogP contribution in [0.5, 0.6) is 0 Å². The molecule has 0 radical (unpaired) electrons. The average molecular weight is 539 g/mol. The van der Waals surface area contributed by atoms with Gasteiger partial charge in [0.2, 0.25) is 0 Å². The average Bonchev–Trinajstić information content (AvgIpc) is 3.14. The number of rotatable bonds is 11. The Labute approximate surface area is 226 Å². The van der Waals surface area contributed by atoms with Crippen molar-refractivity contribution in [3.8, 4) is 0 Å². The third kappa shape index (κ3) is 6.45. The lowest BCUT2D eigenvalue weighted by Crippen LogP contribution is -2.27. The van der Waals surface area contributed by atoms with Gasteiger partial charge in [0.05, 0.1) is 17.0 Å². The van der Waals surface area contributed by atoms with Crippen LogP contribution in [0.4, 0.5) is 10.2 Å². The van der Waals surface area contributed by atoms with E-state index in [0.29, 0.717) is 32.8 Å². The summed E-state index contributed by atoms with van der Waals surface area (Å²) in [7, 11) is 0. The van der Waals surface area contributed by atoms with E-state index in [1.54, 1.807) is 30.5 Å². The van der Waals surface area contributed by atoms with Gasteiger partial charge in [-0.25, -0.2) is 9.37 Å². The van der Waals surface area contributed by atoms with E-state index in [0.717, 1.165) is 35.7 Å². The Balaban J connectivity index is 1.60. The normalized spacial score (nSPS) is 14.8. The van der Waals surface area contributed by atoms with E-state index >= 15 is 0 Å². The quantitative estimate of drug-likeness (QED) is 0.175. The van der Waals surface area contributed by atoms with Crippen LogP contribution >= 0.6 is 24.0 Å². The molecule has 0 spiro atoms. The molecule has 2 aromatic heterocycles. The number of hydrogen-bond acceptors (Lipinski definition) is 6. The molecule has 6 nitrogen and oxygen atoms in total. The maximum atomic E-state index is 13.5. The molecule has 1 amide bonds. The van der Waals surface area contributed by atoms with Gasteiger partial charge < -0.3 is 5.32 Å². The van der Waals surface area contributed by atoms with E-state index in [9.17, 15) is 14.0 Å². The van der Waals surface area contributed by atoms with Crippen LogP contribution in [-0.4, -0.2) is 31.1 Å². The molecule has 3 heterocycles. The summed E-state index contributed by atoms with van der Waals surface area (Å²) in [6, 6.07) is 9.69. The third-order valence-electron chi connectivity index (χ3n) is 6.31. The van der Waals surface area contributed by atoms with Crippen molar-refractivity contribution in [2.75, 3.05) is 11.9 Å². The Morgan fingerprint density at radius 3 is 2.57 bits per heavy atom. The summed E-state index contributed by atoms with van der Waals surface area (Å²) in [6.45, 7) is 5.04. The summed E-state index contributed by atoms with van der Waals surface area (Å²) in [5, 5.41) is 3.35. The number of anilines is 1. The fourth-order valence-corrected chi connectivity index (χ4v) is 5.47. The van der Waals surface area contributed by atoms with Crippen molar-refractivity contribution in [1.82, 2.24) is 14.3 Å². The maximum absolute atomic E-state index is 13.5. The zero-order chi connectivity index (χ0) is 26.4. The number of thioether (sulfide) groups is 1. The van der Waals surface area contributed by atoms with Gasteiger partial charge in [0.1, 0.15) is 21.6 Å². The maximum Gasteiger partial charge on any atom is 0.267 e. The van der Waals surface area contributed by atoms with E-state index < -0.39 is 0 Å². The highest BCUT2D eigenvalue weighted by molar-refractivity contribution is 8.26. The first kappa shape index (κ1) is 27.0. The number of nitrogens with one attached hydrogen (secondary N) is 1. The van der Waals surface area contributed by atoms with Gasteiger partial charge in [-0.15, -0.1) is 0 Å². The van der Waals surface area contributed by atoms with Crippen LogP contribution in [0.15, 0.2) is 52.3 Å². The summed E-state index contributed by atoms with van der Waals surface area (Å²) in [5.41, 5.74) is 2.32. The minimum absolute atomic E-state index is 0.236. The summed E-state index contributed by atoms with van der Waals surface area (Å²) in [4.78, 5) is 33.4. The standard InChI is InChI=1S/C28H31FN4O2S2/c1-3-4-5-6-7-8-15-30-24-22(26(34)32-16-9-10-19(2)25(32)31-24)17-23-27(35)33(28(36)37-23)18-20-11-13-21(29)14-12-20/h9-14,16-17,30H,3-8,15,18H2,1-2H3. The number of nitrogens with zero attached hydrogens (tertiary/aromatic N) is 3. The molecule has 1 aliphatic rings. The van der Waals surface area contributed by atoms with E-state index in [-0.39, 0.29) is 23.8 Å². The van der Waals surface area contributed by atoms with Gasteiger partial charge in [-0.1, -0.05) is 81.2 Å².